The fraction of sp³-hybridized carbons (Fsp3) is 0.312. The molecule has 2 heterocycles. The van der Waals surface area contributed by atoms with Crippen LogP contribution in [0.15, 0.2) is 41.8 Å². The molecule has 3 rings (SSSR count). The van der Waals surface area contributed by atoms with Gasteiger partial charge in [-0.15, -0.1) is 11.3 Å². The molecule has 1 aromatic carbocycles. The van der Waals surface area contributed by atoms with Gasteiger partial charge >= 0.3 is 0 Å². The number of benzene rings is 1. The summed E-state index contributed by atoms with van der Waals surface area (Å²) in [6.07, 6.45) is 1.85. The number of anilines is 1. The lowest BCUT2D eigenvalue weighted by molar-refractivity contribution is -0.120. The lowest BCUT2D eigenvalue weighted by Gasteiger charge is -2.21. The molecule has 0 radical (unpaired) electrons. The minimum atomic E-state index is 0.140. The Bertz CT molecular complexity index is 574. The van der Waals surface area contributed by atoms with Gasteiger partial charge in [-0.05, 0) is 55.1 Å². The van der Waals surface area contributed by atoms with Crippen LogP contribution in [0.5, 0.6) is 0 Å². The van der Waals surface area contributed by atoms with Gasteiger partial charge in [0.25, 0.3) is 0 Å². The van der Waals surface area contributed by atoms with Gasteiger partial charge in [-0.3, -0.25) is 4.79 Å². The Hall–Kier alpha value is -1.65. The molecule has 2 aromatic rings. The van der Waals surface area contributed by atoms with Crippen LogP contribution in [0, 0.1) is 5.92 Å². The highest BCUT2D eigenvalue weighted by molar-refractivity contribution is 7.13. The second-order valence-corrected chi connectivity index (χ2v) is 6.02. The Morgan fingerprint density at radius 2 is 2.05 bits per heavy atom. The van der Waals surface area contributed by atoms with Crippen LogP contribution in [0.25, 0.3) is 10.4 Å². The Balaban J connectivity index is 1.71. The lowest BCUT2D eigenvalue weighted by atomic mass is 9.97. The fourth-order valence-electron chi connectivity index (χ4n) is 2.52. The van der Waals surface area contributed by atoms with Crippen molar-refractivity contribution >= 4 is 22.9 Å². The summed E-state index contributed by atoms with van der Waals surface area (Å²) in [5.41, 5.74) is 2.04. The van der Waals surface area contributed by atoms with Crippen molar-refractivity contribution in [3.05, 3.63) is 41.8 Å². The molecule has 1 aromatic heterocycles. The van der Waals surface area contributed by atoms with Gasteiger partial charge in [0, 0.05) is 16.5 Å². The van der Waals surface area contributed by atoms with Crippen LogP contribution < -0.4 is 10.6 Å². The van der Waals surface area contributed by atoms with E-state index in [1.165, 1.54) is 4.88 Å². The van der Waals surface area contributed by atoms with E-state index in [0.29, 0.717) is 0 Å². The van der Waals surface area contributed by atoms with Crippen molar-refractivity contribution in [3.63, 3.8) is 0 Å². The number of nitrogens with one attached hydrogen (secondary N) is 2. The molecular weight excluding hydrogens is 268 g/mol. The highest BCUT2D eigenvalue weighted by atomic mass is 32.1. The third-order valence-electron chi connectivity index (χ3n) is 3.65. The van der Waals surface area contributed by atoms with E-state index in [9.17, 15) is 4.79 Å². The molecule has 0 spiro atoms. The van der Waals surface area contributed by atoms with Crippen molar-refractivity contribution in [3.8, 4) is 10.4 Å². The minimum absolute atomic E-state index is 0.140. The maximum Gasteiger partial charge on any atom is 0.227 e. The molecule has 104 valence electrons. The maximum absolute atomic E-state index is 12.2. The minimum Gasteiger partial charge on any atom is -0.326 e. The van der Waals surface area contributed by atoms with Gasteiger partial charge < -0.3 is 10.6 Å². The van der Waals surface area contributed by atoms with Crippen LogP contribution in [-0.2, 0) is 4.79 Å². The molecule has 1 fully saturated rings. The first-order valence-corrected chi connectivity index (χ1v) is 7.86. The van der Waals surface area contributed by atoms with Crippen molar-refractivity contribution in [2.24, 2.45) is 5.92 Å². The van der Waals surface area contributed by atoms with E-state index in [2.05, 4.69) is 28.1 Å². The third kappa shape index (κ3) is 3.08. The van der Waals surface area contributed by atoms with E-state index < -0.39 is 0 Å². The molecule has 3 nitrogen and oxygen atoms in total. The van der Waals surface area contributed by atoms with E-state index in [4.69, 9.17) is 0 Å². The Kier molecular flexibility index (Phi) is 4.14. The van der Waals surface area contributed by atoms with E-state index >= 15 is 0 Å². The van der Waals surface area contributed by atoms with E-state index in [-0.39, 0.29) is 11.8 Å². The van der Waals surface area contributed by atoms with Crippen molar-refractivity contribution in [1.82, 2.24) is 5.32 Å². The number of hydrogen-bond acceptors (Lipinski definition) is 3. The molecule has 0 bridgehead atoms. The Morgan fingerprint density at radius 3 is 2.80 bits per heavy atom. The van der Waals surface area contributed by atoms with Crippen molar-refractivity contribution in [1.29, 1.82) is 0 Å². The molecule has 1 aliphatic rings. The van der Waals surface area contributed by atoms with Gasteiger partial charge in [-0.1, -0.05) is 18.2 Å². The Labute approximate surface area is 123 Å². The quantitative estimate of drug-likeness (QED) is 0.908. The SMILES string of the molecule is O=C(Nc1cccc(-c2cccs2)c1)C1CCNCC1. The third-order valence-corrected chi connectivity index (χ3v) is 4.56. The summed E-state index contributed by atoms with van der Waals surface area (Å²) < 4.78 is 0. The monoisotopic (exact) mass is 286 g/mol. The fourth-order valence-corrected chi connectivity index (χ4v) is 3.25. The summed E-state index contributed by atoms with van der Waals surface area (Å²) in [7, 11) is 0. The van der Waals surface area contributed by atoms with Gasteiger partial charge in [0.15, 0.2) is 0 Å². The molecule has 1 aliphatic heterocycles. The van der Waals surface area contributed by atoms with Crippen LogP contribution in [0.4, 0.5) is 5.69 Å². The largest absolute Gasteiger partial charge is 0.326 e. The van der Waals surface area contributed by atoms with E-state index in [1.54, 1.807) is 11.3 Å². The topological polar surface area (TPSA) is 41.1 Å². The number of piperidine rings is 1. The molecule has 1 saturated heterocycles. The van der Waals surface area contributed by atoms with Crippen LogP contribution in [0.1, 0.15) is 12.8 Å². The van der Waals surface area contributed by atoms with Gasteiger partial charge in [-0.25, -0.2) is 0 Å². The number of carbonyl (C=O) groups is 1. The zero-order valence-corrected chi connectivity index (χ0v) is 12.1. The summed E-state index contributed by atoms with van der Waals surface area (Å²) in [6, 6.07) is 12.2. The van der Waals surface area contributed by atoms with Crippen LogP contribution >= 0.6 is 11.3 Å². The number of rotatable bonds is 3. The summed E-state index contributed by atoms with van der Waals surface area (Å²) in [4.78, 5) is 13.5. The first kappa shape index (κ1) is 13.3. The predicted octanol–water partition coefficient (Wildman–Crippen LogP) is 3.35. The van der Waals surface area contributed by atoms with Crippen LogP contribution in [0.2, 0.25) is 0 Å². The molecule has 1 amide bonds. The molecule has 0 atom stereocenters. The molecule has 0 saturated carbocycles. The second kappa shape index (κ2) is 6.20. The first-order valence-electron chi connectivity index (χ1n) is 6.98. The van der Waals surface area contributed by atoms with Gasteiger partial charge in [0.2, 0.25) is 5.91 Å². The lowest BCUT2D eigenvalue weighted by Crippen LogP contribution is -2.34. The van der Waals surface area contributed by atoms with Gasteiger partial charge in [0.05, 0.1) is 0 Å². The van der Waals surface area contributed by atoms with Crippen molar-refractivity contribution in [2.75, 3.05) is 18.4 Å². The number of carbonyl (C=O) groups excluding carboxylic acids is 1. The van der Waals surface area contributed by atoms with Crippen molar-refractivity contribution < 1.29 is 4.79 Å². The molecule has 20 heavy (non-hydrogen) atoms. The zero-order valence-electron chi connectivity index (χ0n) is 11.3. The smallest absolute Gasteiger partial charge is 0.227 e. The average molecular weight is 286 g/mol. The molecule has 0 aliphatic carbocycles. The number of hydrogen-bond donors (Lipinski definition) is 2. The Morgan fingerprint density at radius 1 is 1.20 bits per heavy atom. The number of amides is 1. The van der Waals surface area contributed by atoms with E-state index in [1.807, 2.05) is 24.3 Å². The zero-order chi connectivity index (χ0) is 13.8. The van der Waals surface area contributed by atoms with Gasteiger partial charge in [0.1, 0.15) is 0 Å². The van der Waals surface area contributed by atoms with E-state index in [0.717, 1.165) is 37.2 Å². The van der Waals surface area contributed by atoms with Crippen LogP contribution in [0.3, 0.4) is 0 Å². The molecule has 2 N–H and O–H groups in total. The standard InChI is InChI=1S/C16H18N2OS/c19-16(12-6-8-17-9-7-12)18-14-4-1-3-13(11-14)15-5-2-10-20-15/h1-5,10-12,17H,6-9H2,(H,18,19). The highest BCUT2D eigenvalue weighted by Gasteiger charge is 2.20. The summed E-state index contributed by atoms with van der Waals surface area (Å²) in [6.45, 7) is 1.88. The second-order valence-electron chi connectivity index (χ2n) is 5.07. The van der Waals surface area contributed by atoms with Crippen LogP contribution in [-0.4, -0.2) is 19.0 Å². The normalized spacial score (nSPS) is 16.0. The summed E-state index contributed by atoms with van der Waals surface area (Å²) in [5, 5.41) is 8.40. The molecular formula is C16H18N2OS. The number of thiophene rings is 1. The summed E-state index contributed by atoms with van der Waals surface area (Å²) in [5.74, 6) is 0.288. The molecule has 0 unspecified atom stereocenters. The molecule has 4 heteroatoms. The first-order chi connectivity index (χ1) is 9.83. The van der Waals surface area contributed by atoms with Crippen molar-refractivity contribution in [2.45, 2.75) is 12.8 Å². The summed E-state index contributed by atoms with van der Waals surface area (Å²) >= 11 is 1.71. The van der Waals surface area contributed by atoms with Gasteiger partial charge in [-0.2, -0.15) is 0 Å². The highest BCUT2D eigenvalue weighted by Crippen LogP contribution is 2.27. The maximum atomic E-state index is 12.2. The average Bonchev–Trinajstić information content (AvgIpc) is 3.03. The predicted molar refractivity (Wildman–Crippen MR) is 84.0 cm³/mol.